The van der Waals surface area contributed by atoms with Crippen LogP contribution in [0.1, 0.15) is 0 Å². The molecule has 0 aliphatic carbocycles. The largest absolute Gasteiger partial charge is 0.257 e. The molecule has 0 aliphatic rings. The average Bonchev–Trinajstić information content (AvgIpc) is 2.14. The third-order valence-electron chi connectivity index (χ3n) is 0.836. The van der Waals surface area contributed by atoms with Crippen molar-refractivity contribution in [1.29, 1.82) is 0 Å². The zero-order chi connectivity index (χ0) is 5.98. The molecular formula is C5H6IN2+. The van der Waals surface area contributed by atoms with E-state index in [-0.39, 0.29) is 0 Å². The molecule has 0 saturated carbocycles. The lowest BCUT2D eigenvalue weighted by Crippen LogP contribution is -2.12. The van der Waals surface area contributed by atoms with Crippen molar-refractivity contribution < 1.29 is 2.78 Å². The lowest BCUT2D eigenvalue weighted by Gasteiger charge is -1.73. The normalized spacial score (nSPS) is 9.12. The van der Waals surface area contributed by atoms with Gasteiger partial charge >= 0.3 is 0 Å². The van der Waals surface area contributed by atoms with Crippen LogP contribution in [0.15, 0.2) is 25.3 Å². The molecule has 0 fully saturated rings. The average molecular weight is 221 g/mol. The van der Waals surface area contributed by atoms with Gasteiger partial charge in [-0.15, -0.1) is 0 Å². The predicted octanol–water partition coefficient (Wildman–Crippen LogP) is 1.07. The molecule has 1 aromatic heterocycles. The summed E-state index contributed by atoms with van der Waals surface area (Å²) in [6, 6.07) is 0. The molecule has 8 heavy (non-hydrogen) atoms. The highest BCUT2D eigenvalue weighted by Gasteiger charge is 1.92. The molecular weight excluding hydrogens is 215 g/mol. The molecule has 0 N–H and O–H groups in total. The maximum atomic E-state index is 3.59. The number of imidazole rings is 1. The van der Waals surface area contributed by atoms with Crippen molar-refractivity contribution in [3.8, 4) is 0 Å². The Morgan fingerprint density at radius 2 is 2.50 bits per heavy atom. The van der Waals surface area contributed by atoms with Gasteiger partial charge in [0.2, 0.25) is 22.9 Å². The van der Waals surface area contributed by atoms with E-state index >= 15 is 0 Å². The Bertz CT molecular complexity index is 192. The topological polar surface area (TPSA) is 8.81 Å². The van der Waals surface area contributed by atoms with Crippen molar-refractivity contribution >= 4 is 29.1 Å². The summed E-state index contributed by atoms with van der Waals surface area (Å²) in [5.74, 6) is 0. The minimum Gasteiger partial charge on any atom is -0.209 e. The van der Waals surface area contributed by atoms with Crippen molar-refractivity contribution in [2.24, 2.45) is 0 Å². The van der Waals surface area contributed by atoms with Gasteiger partial charge in [0.05, 0.1) is 6.20 Å². The van der Waals surface area contributed by atoms with Gasteiger partial charge in [-0.3, -0.25) is 0 Å². The minimum absolute atomic E-state index is 1.75. The summed E-state index contributed by atoms with van der Waals surface area (Å²) in [4.78, 5) is 0. The van der Waals surface area contributed by atoms with Gasteiger partial charge in [-0.05, 0) is 0 Å². The van der Waals surface area contributed by atoms with Crippen LogP contribution < -0.4 is 2.78 Å². The molecule has 0 radical (unpaired) electrons. The lowest BCUT2D eigenvalue weighted by molar-refractivity contribution is -0.438. The number of rotatable bonds is 1. The summed E-state index contributed by atoms with van der Waals surface area (Å²) >= 11 is 2.17. The molecule has 0 saturated heterocycles. The first-order chi connectivity index (χ1) is 3.83. The monoisotopic (exact) mass is 221 g/mol. The molecule has 1 heterocycles. The first kappa shape index (κ1) is 5.81. The Morgan fingerprint density at radius 3 is 2.75 bits per heavy atom. The quantitative estimate of drug-likeness (QED) is 0.627. The second-order valence-electron chi connectivity index (χ2n) is 1.39. The molecule has 2 nitrogen and oxygen atoms in total. The van der Waals surface area contributed by atoms with E-state index in [9.17, 15) is 0 Å². The summed E-state index contributed by atoms with van der Waals surface area (Å²) in [6.07, 6.45) is 7.55. The lowest BCUT2D eigenvalue weighted by atomic mass is 10.9. The van der Waals surface area contributed by atoms with E-state index < -0.39 is 0 Å². The summed E-state index contributed by atoms with van der Waals surface area (Å²) in [6.45, 7) is 3.59. The smallest absolute Gasteiger partial charge is 0.209 e. The molecule has 0 atom stereocenters. The number of hydrogen-bond acceptors (Lipinski definition) is 0. The molecule has 0 aromatic carbocycles. The number of nitrogens with zero attached hydrogens (tertiary/aromatic N) is 2. The van der Waals surface area contributed by atoms with Crippen molar-refractivity contribution in [2.75, 3.05) is 0 Å². The van der Waals surface area contributed by atoms with Crippen LogP contribution in [0, 0.1) is 0 Å². The van der Waals surface area contributed by atoms with E-state index in [0.717, 1.165) is 0 Å². The van der Waals surface area contributed by atoms with Crippen molar-refractivity contribution in [3.05, 3.63) is 25.3 Å². The SMILES string of the molecule is C=Cn1cc[n+](I)c1. The Balaban J connectivity index is 3.00. The van der Waals surface area contributed by atoms with Crippen molar-refractivity contribution in [3.63, 3.8) is 0 Å². The van der Waals surface area contributed by atoms with Crippen LogP contribution in [0.5, 0.6) is 0 Å². The van der Waals surface area contributed by atoms with Crippen LogP contribution in [0.25, 0.3) is 6.20 Å². The molecule has 0 amide bonds. The first-order valence-electron chi connectivity index (χ1n) is 2.20. The van der Waals surface area contributed by atoms with Gasteiger partial charge in [0.15, 0.2) is 0 Å². The zero-order valence-corrected chi connectivity index (χ0v) is 6.45. The van der Waals surface area contributed by atoms with E-state index in [0.29, 0.717) is 0 Å². The highest BCUT2D eigenvalue weighted by molar-refractivity contribution is 14.1. The molecule has 0 aliphatic heterocycles. The zero-order valence-electron chi connectivity index (χ0n) is 4.29. The van der Waals surface area contributed by atoms with Crippen LogP contribution >= 0.6 is 22.9 Å². The molecule has 0 bridgehead atoms. The van der Waals surface area contributed by atoms with Gasteiger partial charge in [0.25, 0.3) is 6.33 Å². The first-order valence-corrected chi connectivity index (χ1v) is 3.17. The Kier molecular flexibility index (Phi) is 1.67. The predicted molar refractivity (Wildman–Crippen MR) is 40.4 cm³/mol. The third-order valence-corrected chi connectivity index (χ3v) is 1.41. The Morgan fingerprint density at radius 1 is 1.75 bits per heavy atom. The van der Waals surface area contributed by atoms with E-state index in [4.69, 9.17) is 0 Å². The van der Waals surface area contributed by atoms with Crippen LogP contribution in [-0.4, -0.2) is 4.57 Å². The number of halogens is 1. The minimum atomic E-state index is 1.75. The highest BCUT2D eigenvalue weighted by Crippen LogP contribution is 1.83. The molecule has 42 valence electrons. The fourth-order valence-electron chi connectivity index (χ4n) is 0.453. The van der Waals surface area contributed by atoms with Gasteiger partial charge in [-0.2, -0.15) is 2.78 Å². The molecule has 0 unspecified atom stereocenters. The van der Waals surface area contributed by atoms with E-state index in [1.807, 2.05) is 26.1 Å². The van der Waals surface area contributed by atoms with Gasteiger partial charge in [-0.1, -0.05) is 6.58 Å². The van der Waals surface area contributed by atoms with Crippen molar-refractivity contribution in [2.45, 2.75) is 0 Å². The van der Waals surface area contributed by atoms with Gasteiger partial charge in [0, 0.05) is 0 Å². The van der Waals surface area contributed by atoms with E-state index in [1.54, 1.807) is 6.20 Å². The molecule has 0 spiro atoms. The van der Waals surface area contributed by atoms with Crippen molar-refractivity contribution in [1.82, 2.24) is 4.57 Å². The fourth-order valence-corrected chi connectivity index (χ4v) is 0.885. The number of aromatic nitrogens is 2. The Labute approximate surface area is 61.9 Å². The van der Waals surface area contributed by atoms with Gasteiger partial charge < -0.3 is 0 Å². The molecule has 1 aromatic rings. The number of hydrogen-bond donors (Lipinski definition) is 0. The molecule has 1 rings (SSSR count). The Hall–Kier alpha value is -0.320. The van der Waals surface area contributed by atoms with Gasteiger partial charge in [-0.25, -0.2) is 4.57 Å². The second-order valence-corrected chi connectivity index (χ2v) is 2.50. The maximum absolute atomic E-state index is 3.59. The fraction of sp³-hybridized carbons (Fsp3) is 0. The summed E-state index contributed by atoms with van der Waals surface area (Å²) in [5, 5.41) is 0. The highest BCUT2D eigenvalue weighted by atomic mass is 127. The summed E-state index contributed by atoms with van der Waals surface area (Å²) in [7, 11) is 0. The molecule has 3 heteroatoms. The van der Waals surface area contributed by atoms with Crippen LogP contribution in [0.4, 0.5) is 0 Å². The van der Waals surface area contributed by atoms with E-state index in [1.165, 1.54) is 0 Å². The van der Waals surface area contributed by atoms with Crippen LogP contribution in [0.3, 0.4) is 0 Å². The third kappa shape index (κ3) is 1.09. The standard InChI is InChI=1S/C5H6IN2/c1-2-7-3-4-8(6)5-7/h2-5H,1H2/q+1. The van der Waals surface area contributed by atoms with Gasteiger partial charge in [0.1, 0.15) is 12.4 Å². The van der Waals surface area contributed by atoms with E-state index in [2.05, 4.69) is 29.4 Å². The summed E-state index contributed by atoms with van der Waals surface area (Å²) in [5.41, 5.74) is 0. The van der Waals surface area contributed by atoms with Crippen LogP contribution in [-0.2, 0) is 0 Å². The second kappa shape index (κ2) is 2.30. The summed E-state index contributed by atoms with van der Waals surface area (Å²) < 4.78 is 3.81. The maximum Gasteiger partial charge on any atom is 0.257 e. The van der Waals surface area contributed by atoms with Crippen LogP contribution in [0.2, 0.25) is 0 Å².